The van der Waals surface area contributed by atoms with E-state index >= 15 is 0 Å². The van der Waals surface area contributed by atoms with Crippen molar-refractivity contribution < 1.29 is 17.6 Å². The van der Waals surface area contributed by atoms with E-state index in [1.807, 2.05) is 19.1 Å². The molecule has 0 radical (unpaired) electrons. The molecule has 0 amide bonds. The average molecular weight is 283 g/mol. The number of hydrogen-bond acceptors (Lipinski definition) is 1. The van der Waals surface area contributed by atoms with Gasteiger partial charge in [-0.05, 0) is 17.5 Å². The van der Waals surface area contributed by atoms with Crippen molar-refractivity contribution in [1.29, 1.82) is 0 Å². The van der Waals surface area contributed by atoms with Crippen LogP contribution in [0.1, 0.15) is 18.1 Å². The Kier molecular flexibility index (Phi) is 4.27. The van der Waals surface area contributed by atoms with Gasteiger partial charge in [0.1, 0.15) is 5.69 Å². The first-order chi connectivity index (χ1) is 9.54. The molecule has 2 aromatic carbocycles. The van der Waals surface area contributed by atoms with Crippen LogP contribution in [0.15, 0.2) is 30.3 Å². The third kappa shape index (κ3) is 2.76. The summed E-state index contributed by atoms with van der Waals surface area (Å²) >= 11 is 0. The first kappa shape index (κ1) is 14.4. The minimum Gasteiger partial charge on any atom is -0.376 e. The van der Waals surface area contributed by atoms with Gasteiger partial charge in [0, 0.05) is 12.6 Å². The number of hydrogen-bond donors (Lipinski definition) is 1. The topological polar surface area (TPSA) is 12.0 Å². The number of aryl methyl sites for hydroxylation is 1. The molecule has 5 heteroatoms. The van der Waals surface area contributed by atoms with E-state index in [0.29, 0.717) is 0 Å². The van der Waals surface area contributed by atoms with Gasteiger partial charge in [0.05, 0.1) is 0 Å². The first-order valence-corrected chi connectivity index (χ1v) is 6.18. The zero-order chi connectivity index (χ0) is 14.7. The molecule has 106 valence electrons. The van der Waals surface area contributed by atoms with Gasteiger partial charge in [0.2, 0.25) is 0 Å². The van der Waals surface area contributed by atoms with Crippen LogP contribution < -0.4 is 5.32 Å². The molecule has 0 aliphatic heterocycles. The number of anilines is 1. The normalized spacial score (nSPS) is 10.7. The molecule has 20 heavy (non-hydrogen) atoms. The van der Waals surface area contributed by atoms with Gasteiger partial charge in [-0.3, -0.25) is 0 Å². The monoisotopic (exact) mass is 283 g/mol. The summed E-state index contributed by atoms with van der Waals surface area (Å²) in [4.78, 5) is 0. The molecule has 0 aromatic heterocycles. The largest absolute Gasteiger partial charge is 0.376 e. The number of rotatable bonds is 4. The maximum absolute atomic E-state index is 13.5. The number of nitrogens with one attached hydrogen (secondary N) is 1. The molecular formula is C15H13F4N. The lowest BCUT2D eigenvalue weighted by Crippen LogP contribution is -2.08. The van der Waals surface area contributed by atoms with E-state index in [0.717, 1.165) is 17.5 Å². The van der Waals surface area contributed by atoms with Crippen molar-refractivity contribution in [3.05, 3.63) is 64.7 Å². The highest BCUT2D eigenvalue weighted by Crippen LogP contribution is 2.25. The first-order valence-electron chi connectivity index (χ1n) is 6.18. The van der Waals surface area contributed by atoms with E-state index in [1.165, 1.54) is 0 Å². The van der Waals surface area contributed by atoms with E-state index in [-0.39, 0.29) is 12.6 Å². The zero-order valence-corrected chi connectivity index (χ0v) is 10.8. The summed E-state index contributed by atoms with van der Waals surface area (Å²) in [6.07, 6.45) is 0.750. The highest BCUT2D eigenvalue weighted by Gasteiger charge is 2.18. The maximum Gasteiger partial charge on any atom is 0.185 e. The van der Waals surface area contributed by atoms with E-state index < -0.39 is 29.0 Å². The molecule has 0 heterocycles. The summed E-state index contributed by atoms with van der Waals surface area (Å²) in [5.74, 6) is -5.68. The minimum atomic E-state index is -1.42. The van der Waals surface area contributed by atoms with E-state index in [4.69, 9.17) is 0 Å². The summed E-state index contributed by atoms with van der Waals surface area (Å²) in [5.41, 5.74) is 1.03. The molecule has 1 N–H and O–H groups in total. The van der Waals surface area contributed by atoms with Crippen LogP contribution in [0.3, 0.4) is 0 Å². The molecule has 0 aliphatic rings. The van der Waals surface area contributed by atoms with E-state index in [2.05, 4.69) is 5.32 Å². The SMILES string of the molecule is CCc1ccccc1CNc1c(F)c(F)cc(F)c1F. The summed E-state index contributed by atoms with van der Waals surface area (Å²) in [5, 5.41) is 2.42. The second-order valence-corrected chi connectivity index (χ2v) is 4.32. The van der Waals surface area contributed by atoms with Gasteiger partial charge in [-0.1, -0.05) is 31.2 Å². The number of halogens is 4. The van der Waals surface area contributed by atoms with Gasteiger partial charge in [0.25, 0.3) is 0 Å². The van der Waals surface area contributed by atoms with Crippen molar-refractivity contribution in [1.82, 2.24) is 0 Å². The molecule has 1 nitrogen and oxygen atoms in total. The molecule has 0 bridgehead atoms. The summed E-state index contributed by atoms with van der Waals surface area (Å²) in [6.45, 7) is 2.03. The van der Waals surface area contributed by atoms with Crippen molar-refractivity contribution >= 4 is 5.69 Å². The van der Waals surface area contributed by atoms with Crippen molar-refractivity contribution in [3.8, 4) is 0 Å². The van der Waals surface area contributed by atoms with Crippen molar-refractivity contribution in [2.75, 3.05) is 5.32 Å². The Hall–Kier alpha value is -2.04. The third-order valence-electron chi connectivity index (χ3n) is 3.07. The van der Waals surface area contributed by atoms with Crippen LogP contribution in [0.5, 0.6) is 0 Å². The van der Waals surface area contributed by atoms with E-state index in [9.17, 15) is 17.6 Å². The van der Waals surface area contributed by atoms with E-state index in [1.54, 1.807) is 12.1 Å². The predicted molar refractivity (Wildman–Crippen MR) is 69.4 cm³/mol. The van der Waals surface area contributed by atoms with Crippen LogP contribution in [0.25, 0.3) is 0 Å². The highest BCUT2D eigenvalue weighted by molar-refractivity contribution is 5.48. The van der Waals surface area contributed by atoms with Crippen LogP contribution in [0, 0.1) is 23.3 Å². The second-order valence-electron chi connectivity index (χ2n) is 4.32. The second kappa shape index (κ2) is 5.94. The molecule has 0 aliphatic carbocycles. The number of benzene rings is 2. The molecule has 0 saturated heterocycles. The summed E-state index contributed by atoms with van der Waals surface area (Å²) in [6, 6.07) is 7.50. The van der Waals surface area contributed by atoms with Crippen LogP contribution >= 0.6 is 0 Å². The minimum absolute atomic E-state index is 0.0841. The summed E-state index contributed by atoms with van der Waals surface area (Å²) < 4.78 is 53.1. The maximum atomic E-state index is 13.5. The smallest absolute Gasteiger partial charge is 0.185 e. The van der Waals surface area contributed by atoms with Crippen LogP contribution in [0.2, 0.25) is 0 Å². The van der Waals surface area contributed by atoms with Crippen LogP contribution in [0.4, 0.5) is 23.2 Å². The third-order valence-corrected chi connectivity index (χ3v) is 3.07. The van der Waals surface area contributed by atoms with Gasteiger partial charge in [-0.15, -0.1) is 0 Å². The average Bonchev–Trinajstić information content (AvgIpc) is 2.45. The fraction of sp³-hybridized carbons (Fsp3) is 0.200. The lowest BCUT2D eigenvalue weighted by atomic mass is 10.1. The van der Waals surface area contributed by atoms with Gasteiger partial charge >= 0.3 is 0 Å². The standard InChI is InChI=1S/C15H13F4N/c1-2-9-5-3-4-6-10(9)8-20-15-13(18)11(16)7-12(17)14(15)19/h3-7,20H,2,8H2,1H3. The molecule has 2 aromatic rings. The lowest BCUT2D eigenvalue weighted by Gasteiger charge is -2.12. The van der Waals surface area contributed by atoms with Crippen molar-refractivity contribution in [2.24, 2.45) is 0 Å². The van der Waals surface area contributed by atoms with Crippen LogP contribution in [-0.2, 0) is 13.0 Å². The Morgan fingerprint density at radius 2 is 1.45 bits per heavy atom. The quantitative estimate of drug-likeness (QED) is 0.647. The lowest BCUT2D eigenvalue weighted by molar-refractivity contribution is 0.458. The van der Waals surface area contributed by atoms with Gasteiger partial charge in [0.15, 0.2) is 23.3 Å². The molecule has 0 saturated carbocycles. The Balaban J connectivity index is 2.27. The van der Waals surface area contributed by atoms with Gasteiger partial charge in [-0.25, -0.2) is 17.6 Å². The van der Waals surface area contributed by atoms with Gasteiger partial charge in [-0.2, -0.15) is 0 Å². The Labute approximate surface area is 114 Å². The van der Waals surface area contributed by atoms with Crippen LogP contribution in [-0.4, -0.2) is 0 Å². The molecule has 0 unspecified atom stereocenters. The molecule has 2 rings (SSSR count). The Morgan fingerprint density at radius 1 is 0.900 bits per heavy atom. The van der Waals surface area contributed by atoms with Crippen molar-refractivity contribution in [3.63, 3.8) is 0 Å². The highest BCUT2D eigenvalue weighted by atomic mass is 19.2. The fourth-order valence-corrected chi connectivity index (χ4v) is 1.99. The zero-order valence-electron chi connectivity index (χ0n) is 10.8. The molecule has 0 atom stereocenters. The molecule has 0 spiro atoms. The Morgan fingerprint density at radius 3 is 2.00 bits per heavy atom. The summed E-state index contributed by atoms with van der Waals surface area (Å²) in [7, 11) is 0. The molecular weight excluding hydrogens is 270 g/mol. The Bertz CT molecular complexity index is 599. The fourth-order valence-electron chi connectivity index (χ4n) is 1.99. The van der Waals surface area contributed by atoms with Gasteiger partial charge < -0.3 is 5.32 Å². The van der Waals surface area contributed by atoms with Crippen molar-refractivity contribution in [2.45, 2.75) is 19.9 Å². The molecule has 0 fully saturated rings. The predicted octanol–water partition coefficient (Wildman–Crippen LogP) is 4.42.